The average Bonchev–Trinajstić information content (AvgIpc) is 3.29. The van der Waals surface area contributed by atoms with E-state index in [-0.39, 0.29) is 11.9 Å². The van der Waals surface area contributed by atoms with E-state index in [1.54, 1.807) is 5.51 Å². The summed E-state index contributed by atoms with van der Waals surface area (Å²) < 4.78 is 0. The molecule has 2 fully saturated rings. The van der Waals surface area contributed by atoms with E-state index >= 15 is 0 Å². The molecule has 1 amide bonds. The normalized spacial score (nSPS) is 20.4. The summed E-state index contributed by atoms with van der Waals surface area (Å²) in [4.78, 5) is 19.9. The molecule has 0 radical (unpaired) electrons. The van der Waals surface area contributed by atoms with Crippen LogP contribution in [0.4, 0.5) is 0 Å². The van der Waals surface area contributed by atoms with Crippen molar-refractivity contribution in [3.63, 3.8) is 0 Å². The molecule has 4 rings (SSSR count). The van der Waals surface area contributed by atoms with Crippen LogP contribution in [0.5, 0.6) is 0 Å². The lowest BCUT2D eigenvalue weighted by Gasteiger charge is -2.35. The van der Waals surface area contributed by atoms with Crippen LogP contribution in [-0.2, 0) is 5.41 Å². The number of aromatic nitrogens is 1. The minimum Gasteiger partial charge on any atom is -0.348 e. The van der Waals surface area contributed by atoms with Gasteiger partial charge in [0.1, 0.15) is 4.88 Å². The van der Waals surface area contributed by atoms with Crippen LogP contribution in [0.2, 0.25) is 0 Å². The Balaban J connectivity index is 1.29. The third kappa shape index (κ3) is 3.62. The average molecular weight is 356 g/mol. The van der Waals surface area contributed by atoms with Gasteiger partial charge in [-0.25, -0.2) is 4.98 Å². The number of piperidine rings is 1. The molecule has 5 heteroatoms. The Hall–Kier alpha value is -1.72. The van der Waals surface area contributed by atoms with Crippen LogP contribution in [0.1, 0.15) is 46.6 Å². The first-order valence-electron chi connectivity index (χ1n) is 9.15. The van der Waals surface area contributed by atoms with Gasteiger partial charge in [0.25, 0.3) is 5.91 Å². The number of rotatable bonds is 5. The standard InChI is InChI=1S/C20H25N3OS/c1-15-18(25-14-21-15)19(24)22-17-7-11-23(12-8-17)13-20(9-10-20)16-5-3-2-4-6-16/h2-6,14,17H,7-13H2,1H3,(H,22,24). The molecule has 2 aliphatic rings. The van der Waals surface area contributed by atoms with Crippen LogP contribution in [0.15, 0.2) is 35.8 Å². The fourth-order valence-electron chi connectivity index (χ4n) is 3.91. The number of nitrogens with one attached hydrogen (secondary N) is 1. The Labute approximate surface area is 153 Å². The second-order valence-corrected chi connectivity index (χ2v) is 8.29. The highest BCUT2D eigenvalue weighted by Gasteiger charge is 2.45. The van der Waals surface area contributed by atoms with Gasteiger partial charge in [-0.3, -0.25) is 4.79 Å². The number of hydrogen-bond donors (Lipinski definition) is 1. The van der Waals surface area contributed by atoms with Gasteiger partial charge >= 0.3 is 0 Å². The van der Waals surface area contributed by atoms with Crippen molar-refractivity contribution < 1.29 is 4.79 Å². The molecule has 2 aromatic rings. The molecule has 132 valence electrons. The topological polar surface area (TPSA) is 45.2 Å². The molecular formula is C20H25N3OS. The second kappa shape index (κ2) is 6.89. The van der Waals surface area contributed by atoms with E-state index in [0.717, 1.165) is 43.0 Å². The van der Waals surface area contributed by atoms with Gasteiger partial charge in [0.05, 0.1) is 11.2 Å². The van der Waals surface area contributed by atoms with Crippen molar-refractivity contribution in [1.29, 1.82) is 0 Å². The lowest BCUT2D eigenvalue weighted by atomic mass is 9.94. The Kier molecular flexibility index (Phi) is 4.61. The molecule has 4 nitrogen and oxygen atoms in total. The highest BCUT2D eigenvalue weighted by atomic mass is 32.1. The highest BCUT2D eigenvalue weighted by molar-refractivity contribution is 7.11. The molecule has 0 spiro atoms. The third-order valence-electron chi connectivity index (χ3n) is 5.64. The first-order valence-corrected chi connectivity index (χ1v) is 10.0. The fourth-order valence-corrected chi connectivity index (χ4v) is 4.62. The Morgan fingerprint density at radius 2 is 2.00 bits per heavy atom. The summed E-state index contributed by atoms with van der Waals surface area (Å²) in [5.74, 6) is 0.0430. The summed E-state index contributed by atoms with van der Waals surface area (Å²) in [7, 11) is 0. The van der Waals surface area contributed by atoms with E-state index in [1.807, 2.05) is 6.92 Å². The maximum atomic E-state index is 12.3. The van der Waals surface area contributed by atoms with Gasteiger partial charge in [0, 0.05) is 31.1 Å². The highest BCUT2D eigenvalue weighted by Crippen LogP contribution is 2.48. The maximum Gasteiger partial charge on any atom is 0.263 e. The Bertz CT molecular complexity index is 730. The summed E-state index contributed by atoms with van der Waals surface area (Å²) in [5, 5.41) is 3.20. The van der Waals surface area contributed by atoms with Gasteiger partial charge in [-0.15, -0.1) is 11.3 Å². The molecule has 0 bridgehead atoms. The predicted octanol–water partition coefficient (Wildman–Crippen LogP) is 3.38. The van der Waals surface area contributed by atoms with E-state index in [2.05, 4.69) is 45.5 Å². The van der Waals surface area contributed by atoms with Gasteiger partial charge < -0.3 is 10.2 Å². The summed E-state index contributed by atoms with van der Waals surface area (Å²) >= 11 is 1.43. The summed E-state index contributed by atoms with van der Waals surface area (Å²) in [5.41, 5.74) is 4.45. The minimum atomic E-state index is 0.0430. The SMILES string of the molecule is Cc1ncsc1C(=O)NC1CCN(CC2(c3ccccc3)CC2)CC1. The molecule has 2 heterocycles. The summed E-state index contributed by atoms with van der Waals surface area (Å²) in [6, 6.07) is 11.2. The number of hydrogen-bond acceptors (Lipinski definition) is 4. The van der Waals surface area contributed by atoms with Gasteiger partial charge in [-0.2, -0.15) is 0 Å². The predicted molar refractivity (Wildman–Crippen MR) is 101 cm³/mol. The van der Waals surface area contributed by atoms with Gasteiger partial charge in [0.2, 0.25) is 0 Å². The molecule has 1 aliphatic carbocycles. The van der Waals surface area contributed by atoms with Crippen LogP contribution in [0, 0.1) is 6.92 Å². The monoisotopic (exact) mass is 355 g/mol. The smallest absolute Gasteiger partial charge is 0.263 e. The number of amides is 1. The van der Waals surface area contributed by atoms with Crippen LogP contribution in [0.3, 0.4) is 0 Å². The quantitative estimate of drug-likeness (QED) is 0.894. The van der Waals surface area contributed by atoms with Crippen LogP contribution in [0.25, 0.3) is 0 Å². The van der Waals surface area contributed by atoms with Crippen molar-refractivity contribution in [2.24, 2.45) is 0 Å². The van der Waals surface area contributed by atoms with E-state index < -0.39 is 0 Å². The Morgan fingerprint density at radius 3 is 2.60 bits per heavy atom. The molecule has 1 aliphatic heterocycles. The van der Waals surface area contributed by atoms with Gasteiger partial charge in [-0.05, 0) is 38.2 Å². The first-order chi connectivity index (χ1) is 12.2. The van der Waals surface area contributed by atoms with Crippen LogP contribution >= 0.6 is 11.3 Å². The zero-order valence-electron chi connectivity index (χ0n) is 14.7. The minimum absolute atomic E-state index is 0.0430. The molecular weight excluding hydrogens is 330 g/mol. The molecule has 1 aromatic heterocycles. The van der Waals surface area contributed by atoms with E-state index in [9.17, 15) is 4.79 Å². The number of thiazole rings is 1. The van der Waals surface area contributed by atoms with E-state index in [4.69, 9.17) is 0 Å². The van der Waals surface area contributed by atoms with Crippen molar-refractivity contribution >= 4 is 17.2 Å². The molecule has 1 N–H and O–H groups in total. The number of aryl methyl sites for hydroxylation is 1. The molecule has 0 atom stereocenters. The second-order valence-electron chi connectivity index (χ2n) is 7.44. The molecule has 1 saturated heterocycles. The third-order valence-corrected chi connectivity index (χ3v) is 6.57. The number of carbonyl (C=O) groups is 1. The summed E-state index contributed by atoms with van der Waals surface area (Å²) in [6.07, 6.45) is 4.68. The van der Waals surface area contributed by atoms with E-state index in [1.165, 1.54) is 29.7 Å². The number of likely N-dealkylation sites (tertiary alicyclic amines) is 1. The maximum absolute atomic E-state index is 12.3. The van der Waals surface area contributed by atoms with Crippen LogP contribution in [-0.4, -0.2) is 41.5 Å². The van der Waals surface area contributed by atoms with E-state index in [0.29, 0.717) is 5.41 Å². The fraction of sp³-hybridized carbons (Fsp3) is 0.500. The number of benzene rings is 1. The number of nitrogens with zero attached hydrogens (tertiary/aromatic N) is 2. The van der Waals surface area contributed by atoms with Crippen molar-refractivity contribution in [1.82, 2.24) is 15.2 Å². The largest absolute Gasteiger partial charge is 0.348 e. The lowest BCUT2D eigenvalue weighted by Crippen LogP contribution is -2.46. The molecule has 25 heavy (non-hydrogen) atoms. The Morgan fingerprint density at radius 1 is 1.28 bits per heavy atom. The van der Waals surface area contributed by atoms with Crippen molar-refractivity contribution in [3.05, 3.63) is 52.0 Å². The molecule has 1 saturated carbocycles. The molecule has 0 unspecified atom stereocenters. The first kappa shape index (κ1) is 16.7. The summed E-state index contributed by atoms with van der Waals surface area (Å²) in [6.45, 7) is 5.20. The van der Waals surface area contributed by atoms with Gasteiger partial charge in [0.15, 0.2) is 0 Å². The zero-order chi connectivity index (χ0) is 17.3. The molecule has 1 aromatic carbocycles. The van der Waals surface area contributed by atoms with Crippen molar-refractivity contribution in [3.8, 4) is 0 Å². The zero-order valence-corrected chi connectivity index (χ0v) is 15.5. The number of carbonyl (C=O) groups excluding carboxylic acids is 1. The lowest BCUT2D eigenvalue weighted by molar-refractivity contribution is 0.0911. The van der Waals surface area contributed by atoms with Crippen LogP contribution < -0.4 is 5.32 Å². The van der Waals surface area contributed by atoms with Crippen molar-refractivity contribution in [2.75, 3.05) is 19.6 Å². The van der Waals surface area contributed by atoms with Crippen molar-refractivity contribution in [2.45, 2.75) is 44.1 Å². The van der Waals surface area contributed by atoms with Gasteiger partial charge in [-0.1, -0.05) is 30.3 Å².